The first-order chi connectivity index (χ1) is 20.6. The summed E-state index contributed by atoms with van der Waals surface area (Å²) in [4.78, 5) is 23.2. The molecule has 0 rings (SSSR count). The molecule has 0 spiro atoms. The van der Waals surface area contributed by atoms with Crippen LogP contribution in [0.15, 0.2) is 24.3 Å². The number of hydrogen-bond acceptors (Lipinski definition) is 3. The molecule has 0 saturated heterocycles. The van der Waals surface area contributed by atoms with Crippen LogP contribution in [0.25, 0.3) is 0 Å². The number of esters is 1. The van der Waals surface area contributed by atoms with Crippen LogP contribution in [0.1, 0.15) is 200 Å². The van der Waals surface area contributed by atoms with Crippen LogP contribution >= 0.6 is 0 Å². The predicted octanol–water partition coefficient (Wildman–Crippen LogP) is 12.4. The van der Waals surface area contributed by atoms with Crippen molar-refractivity contribution in [3.05, 3.63) is 24.3 Å². The van der Waals surface area contributed by atoms with Gasteiger partial charge in [0, 0.05) is 12.8 Å². The number of ether oxygens (including phenoxy) is 1. The molecule has 0 aliphatic carbocycles. The van der Waals surface area contributed by atoms with E-state index in [4.69, 9.17) is 9.84 Å². The Labute approximate surface area is 261 Å². The zero-order chi connectivity index (χ0) is 30.8. The summed E-state index contributed by atoms with van der Waals surface area (Å²) in [5.41, 5.74) is 0. The molecule has 246 valence electrons. The second kappa shape index (κ2) is 33.9. The number of carboxylic acids is 1. The molecule has 0 aromatic carbocycles. The summed E-state index contributed by atoms with van der Waals surface area (Å²) in [6, 6.07) is 0. The van der Waals surface area contributed by atoms with Gasteiger partial charge in [-0.25, -0.2) is 0 Å². The molecule has 1 atom stereocenters. The molecule has 0 amide bonds. The van der Waals surface area contributed by atoms with E-state index in [1.807, 2.05) is 0 Å². The van der Waals surface area contributed by atoms with E-state index in [0.29, 0.717) is 6.42 Å². The smallest absolute Gasteiger partial charge is 0.306 e. The first-order valence-corrected chi connectivity index (χ1v) is 18.3. The molecule has 1 unspecified atom stereocenters. The van der Waals surface area contributed by atoms with Crippen molar-refractivity contribution in [2.24, 2.45) is 0 Å². The lowest BCUT2D eigenvalue weighted by Crippen LogP contribution is -2.16. The van der Waals surface area contributed by atoms with Gasteiger partial charge >= 0.3 is 11.9 Å². The quantitative estimate of drug-likeness (QED) is 0.0469. The summed E-state index contributed by atoms with van der Waals surface area (Å²) >= 11 is 0. The largest absolute Gasteiger partial charge is 0.481 e. The van der Waals surface area contributed by atoms with E-state index in [1.54, 1.807) is 0 Å². The molecular formula is C38H70O4. The molecule has 0 radical (unpaired) electrons. The molecule has 42 heavy (non-hydrogen) atoms. The van der Waals surface area contributed by atoms with Gasteiger partial charge in [0.05, 0.1) is 0 Å². The first kappa shape index (κ1) is 40.4. The van der Waals surface area contributed by atoms with E-state index < -0.39 is 5.97 Å². The van der Waals surface area contributed by atoms with E-state index in [-0.39, 0.29) is 18.5 Å². The lowest BCUT2D eigenvalue weighted by Gasteiger charge is -2.14. The number of rotatable bonds is 33. The van der Waals surface area contributed by atoms with Gasteiger partial charge in [0.1, 0.15) is 6.10 Å². The molecule has 4 nitrogen and oxygen atoms in total. The standard InChI is InChI=1S/C38H70O4/c1-3-5-7-9-11-12-13-14-15-16-17-18-19-20-21-23-25-31-35-38(41)42-36(32-28-24-22-10-8-6-4-2)33-29-26-27-30-34-37(39)40/h10,22,28,32,36H,3-9,11-21,23-27,29-31,33-35H2,1-2H3,(H,39,40)/b22-10-,32-28-. The van der Waals surface area contributed by atoms with Gasteiger partial charge in [0.25, 0.3) is 0 Å². The third-order valence-electron chi connectivity index (χ3n) is 8.16. The fraction of sp³-hybridized carbons (Fsp3) is 0.842. The van der Waals surface area contributed by atoms with Gasteiger partial charge in [0.2, 0.25) is 0 Å². The second-order valence-corrected chi connectivity index (χ2v) is 12.4. The van der Waals surface area contributed by atoms with E-state index in [2.05, 4.69) is 38.2 Å². The molecule has 0 heterocycles. The Morgan fingerprint density at radius 2 is 1.00 bits per heavy atom. The number of aliphatic carboxylic acids is 1. The van der Waals surface area contributed by atoms with Crippen molar-refractivity contribution in [2.75, 3.05) is 0 Å². The first-order valence-electron chi connectivity index (χ1n) is 18.3. The maximum Gasteiger partial charge on any atom is 0.306 e. The van der Waals surface area contributed by atoms with Crippen LogP contribution in [0, 0.1) is 0 Å². The summed E-state index contributed by atoms with van der Waals surface area (Å²) in [6.45, 7) is 4.49. The minimum Gasteiger partial charge on any atom is -0.481 e. The van der Waals surface area contributed by atoms with Crippen LogP contribution in [-0.2, 0) is 14.3 Å². The average molecular weight is 591 g/mol. The van der Waals surface area contributed by atoms with Crippen molar-refractivity contribution in [3.8, 4) is 0 Å². The van der Waals surface area contributed by atoms with Crippen LogP contribution in [0.2, 0.25) is 0 Å². The van der Waals surface area contributed by atoms with Crippen LogP contribution in [-0.4, -0.2) is 23.1 Å². The van der Waals surface area contributed by atoms with Crippen LogP contribution in [0.5, 0.6) is 0 Å². The normalized spacial score (nSPS) is 12.4. The van der Waals surface area contributed by atoms with Crippen molar-refractivity contribution >= 4 is 11.9 Å². The van der Waals surface area contributed by atoms with Gasteiger partial charge < -0.3 is 9.84 Å². The SMILES string of the molecule is CCCC/C=C\C/C=C\C(CCCCCCC(=O)O)OC(=O)CCCCCCCCCCCCCCCCCCCC. The Bertz CT molecular complexity index is 639. The second-order valence-electron chi connectivity index (χ2n) is 12.4. The van der Waals surface area contributed by atoms with E-state index in [0.717, 1.165) is 57.8 Å². The Hall–Kier alpha value is -1.58. The molecular weight excluding hydrogens is 520 g/mol. The highest BCUT2D eigenvalue weighted by atomic mass is 16.5. The van der Waals surface area contributed by atoms with Crippen molar-refractivity contribution in [1.29, 1.82) is 0 Å². The summed E-state index contributed by atoms with van der Waals surface area (Å²) in [5.74, 6) is -0.804. The van der Waals surface area contributed by atoms with Gasteiger partial charge in [-0.3, -0.25) is 9.59 Å². The maximum absolute atomic E-state index is 12.5. The molecule has 0 aliphatic rings. The Morgan fingerprint density at radius 1 is 0.548 bits per heavy atom. The van der Waals surface area contributed by atoms with Gasteiger partial charge in [-0.2, -0.15) is 0 Å². The summed E-state index contributed by atoms with van der Waals surface area (Å²) < 4.78 is 5.83. The van der Waals surface area contributed by atoms with Crippen LogP contribution in [0.3, 0.4) is 0 Å². The number of carbonyl (C=O) groups excluding carboxylic acids is 1. The number of carbonyl (C=O) groups is 2. The molecule has 0 aliphatic heterocycles. The third kappa shape index (κ3) is 32.9. The molecule has 0 fully saturated rings. The topological polar surface area (TPSA) is 63.6 Å². The van der Waals surface area contributed by atoms with Crippen molar-refractivity contribution < 1.29 is 19.4 Å². The predicted molar refractivity (Wildman–Crippen MR) is 181 cm³/mol. The van der Waals surface area contributed by atoms with Gasteiger partial charge in [-0.05, 0) is 44.6 Å². The fourth-order valence-corrected chi connectivity index (χ4v) is 5.41. The van der Waals surface area contributed by atoms with E-state index in [9.17, 15) is 9.59 Å². The van der Waals surface area contributed by atoms with Gasteiger partial charge in [0.15, 0.2) is 0 Å². The average Bonchev–Trinajstić information content (AvgIpc) is 2.97. The molecule has 0 bridgehead atoms. The molecule has 1 N–H and O–H groups in total. The fourth-order valence-electron chi connectivity index (χ4n) is 5.41. The third-order valence-corrected chi connectivity index (χ3v) is 8.16. The van der Waals surface area contributed by atoms with Crippen molar-refractivity contribution in [2.45, 2.75) is 206 Å². The minimum absolute atomic E-state index is 0.0782. The van der Waals surface area contributed by atoms with Crippen molar-refractivity contribution in [1.82, 2.24) is 0 Å². The zero-order valence-corrected chi connectivity index (χ0v) is 28.1. The Morgan fingerprint density at radius 3 is 1.50 bits per heavy atom. The number of unbranched alkanes of at least 4 members (excludes halogenated alkanes) is 22. The number of carboxylic acid groups (broad SMARTS) is 1. The highest BCUT2D eigenvalue weighted by Crippen LogP contribution is 2.16. The van der Waals surface area contributed by atoms with Crippen LogP contribution < -0.4 is 0 Å². The summed E-state index contributed by atoms with van der Waals surface area (Å²) in [6.07, 6.45) is 42.2. The Kier molecular flexibility index (Phi) is 32.6. The monoisotopic (exact) mass is 591 g/mol. The lowest BCUT2D eigenvalue weighted by atomic mass is 10.0. The van der Waals surface area contributed by atoms with E-state index in [1.165, 1.54) is 116 Å². The molecule has 0 aromatic heterocycles. The highest BCUT2D eigenvalue weighted by Gasteiger charge is 2.11. The number of hydrogen-bond donors (Lipinski definition) is 1. The summed E-state index contributed by atoms with van der Waals surface area (Å²) in [7, 11) is 0. The van der Waals surface area contributed by atoms with Crippen molar-refractivity contribution in [3.63, 3.8) is 0 Å². The zero-order valence-electron chi connectivity index (χ0n) is 28.1. The molecule has 4 heteroatoms. The lowest BCUT2D eigenvalue weighted by molar-refractivity contribution is -0.147. The van der Waals surface area contributed by atoms with Gasteiger partial charge in [-0.15, -0.1) is 0 Å². The minimum atomic E-state index is -0.726. The molecule has 0 saturated carbocycles. The highest BCUT2D eigenvalue weighted by molar-refractivity contribution is 5.69. The number of allylic oxidation sites excluding steroid dienone is 3. The van der Waals surface area contributed by atoms with E-state index >= 15 is 0 Å². The van der Waals surface area contributed by atoms with Crippen LogP contribution in [0.4, 0.5) is 0 Å². The maximum atomic E-state index is 12.5. The molecule has 0 aromatic rings. The Balaban J connectivity index is 3.87. The van der Waals surface area contributed by atoms with Gasteiger partial charge in [-0.1, -0.05) is 167 Å². The summed E-state index contributed by atoms with van der Waals surface area (Å²) in [5, 5.41) is 8.79.